The molecule has 0 unspecified atom stereocenters. The van der Waals surface area contributed by atoms with Gasteiger partial charge in [-0.3, -0.25) is 0 Å². The summed E-state index contributed by atoms with van der Waals surface area (Å²) in [5, 5.41) is 8.78. The Hall–Kier alpha value is -0.640. The van der Waals surface area contributed by atoms with Crippen LogP contribution in [0.25, 0.3) is 0 Å². The molecular formula is C11H19N3O2S. The fraction of sp³-hybridized carbons (Fsp3) is 0.909. The molecule has 1 N–H and O–H groups in total. The average molecular weight is 257 g/mol. The molecule has 0 aromatic heterocycles. The van der Waals surface area contributed by atoms with Crippen molar-refractivity contribution in [2.75, 3.05) is 13.1 Å². The fourth-order valence-corrected chi connectivity index (χ4v) is 4.05. The first kappa shape index (κ1) is 12.8. The van der Waals surface area contributed by atoms with Crippen LogP contribution in [0.15, 0.2) is 0 Å². The number of nitrogens with zero attached hydrogens (tertiary/aromatic N) is 2. The first-order chi connectivity index (χ1) is 8.12. The quantitative estimate of drug-likeness (QED) is 0.819. The van der Waals surface area contributed by atoms with Crippen molar-refractivity contribution in [1.82, 2.24) is 9.03 Å². The average Bonchev–Trinajstić information content (AvgIpc) is 2.81. The van der Waals surface area contributed by atoms with Crippen LogP contribution in [0.4, 0.5) is 0 Å². The van der Waals surface area contributed by atoms with E-state index < -0.39 is 10.2 Å². The van der Waals surface area contributed by atoms with Crippen LogP contribution in [0.1, 0.15) is 38.5 Å². The van der Waals surface area contributed by atoms with Crippen LogP contribution in [0, 0.1) is 17.2 Å². The Kier molecular flexibility index (Phi) is 4.02. The van der Waals surface area contributed by atoms with E-state index in [9.17, 15) is 8.42 Å². The molecular weight excluding hydrogens is 238 g/mol. The lowest BCUT2D eigenvalue weighted by Gasteiger charge is -2.29. The summed E-state index contributed by atoms with van der Waals surface area (Å²) in [7, 11) is -3.32. The van der Waals surface area contributed by atoms with Crippen LogP contribution in [0.3, 0.4) is 0 Å². The van der Waals surface area contributed by atoms with Gasteiger partial charge in [0.2, 0.25) is 0 Å². The van der Waals surface area contributed by atoms with Gasteiger partial charge in [-0.2, -0.15) is 22.7 Å². The van der Waals surface area contributed by atoms with Crippen LogP contribution in [-0.4, -0.2) is 31.9 Å². The molecule has 17 heavy (non-hydrogen) atoms. The molecule has 2 rings (SSSR count). The van der Waals surface area contributed by atoms with Gasteiger partial charge in [0.25, 0.3) is 10.2 Å². The molecule has 0 bridgehead atoms. The predicted molar refractivity (Wildman–Crippen MR) is 64.2 cm³/mol. The van der Waals surface area contributed by atoms with E-state index in [1.807, 2.05) is 0 Å². The zero-order valence-corrected chi connectivity index (χ0v) is 10.7. The zero-order chi connectivity index (χ0) is 12.3. The van der Waals surface area contributed by atoms with Crippen LogP contribution >= 0.6 is 0 Å². The standard InChI is InChI=1S/C11H19N3O2S/c12-9-10-5-7-14(8-6-10)17(15,16)13-11-3-1-2-4-11/h10-11,13H,1-8H2. The summed E-state index contributed by atoms with van der Waals surface area (Å²) in [4.78, 5) is 0. The van der Waals surface area contributed by atoms with Gasteiger partial charge in [0.1, 0.15) is 0 Å². The molecule has 0 aromatic rings. The molecule has 1 aliphatic carbocycles. The third kappa shape index (κ3) is 3.18. The van der Waals surface area contributed by atoms with Crippen molar-refractivity contribution in [3.8, 4) is 6.07 Å². The van der Waals surface area contributed by atoms with Gasteiger partial charge in [-0.1, -0.05) is 12.8 Å². The highest BCUT2D eigenvalue weighted by atomic mass is 32.2. The number of nitrogens with one attached hydrogen (secondary N) is 1. The molecule has 2 fully saturated rings. The SMILES string of the molecule is N#CC1CCN(S(=O)(=O)NC2CCCC2)CC1. The molecule has 1 saturated carbocycles. The maximum Gasteiger partial charge on any atom is 0.279 e. The summed E-state index contributed by atoms with van der Waals surface area (Å²) >= 11 is 0. The summed E-state index contributed by atoms with van der Waals surface area (Å²) in [5.74, 6) is 0.0212. The van der Waals surface area contributed by atoms with Crippen molar-refractivity contribution in [1.29, 1.82) is 5.26 Å². The molecule has 6 heteroatoms. The normalized spacial score (nSPS) is 24.9. The van der Waals surface area contributed by atoms with E-state index in [0.29, 0.717) is 25.9 Å². The Bertz CT molecular complexity index is 387. The van der Waals surface area contributed by atoms with Gasteiger partial charge < -0.3 is 0 Å². The van der Waals surface area contributed by atoms with Crippen LogP contribution in [-0.2, 0) is 10.2 Å². The highest BCUT2D eigenvalue weighted by Crippen LogP contribution is 2.21. The fourth-order valence-electron chi connectivity index (χ4n) is 2.55. The van der Waals surface area contributed by atoms with Gasteiger partial charge in [0.05, 0.1) is 6.07 Å². The number of hydrogen-bond donors (Lipinski definition) is 1. The minimum absolute atomic E-state index is 0.0212. The van der Waals surface area contributed by atoms with E-state index in [4.69, 9.17) is 5.26 Å². The van der Waals surface area contributed by atoms with Crippen LogP contribution in [0.5, 0.6) is 0 Å². The largest absolute Gasteiger partial charge is 0.279 e. The van der Waals surface area contributed by atoms with Gasteiger partial charge >= 0.3 is 0 Å². The first-order valence-electron chi connectivity index (χ1n) is 6.29. The Morgan fingerprint density at radius 3 is 2.24 bits per heavy atom. The van der Waals surface area contributed by atoms with Crippen LogP contribution < -0.4 is 4.72 Å². The molecule has 0 atom stereocenters. The van der Waals surface area contributed by atoms with Crippen molar-refractivity contribution in [2.45, 2.75) is 44.6 Å². The topological polar surface area (TPSA) is 73.2 Å². The minimum atomic E-state index is -3.32. The zero-order valence-electron chi connectivity index (χ0n) is 9.93. The highest BCUT2D eigenvalue weighted by molar-refractivity contribution is 7.87. The van der Waals surface area contributed by atoms with E-state index in [1.165, 1.54) is 4.31 Å². The summed E-state index contributed by atoms with van der Waals surface area (Å²) < 4.78 is 28.4. The van der Waals surface area contributed by atoms with E-state index >= 15 is 0 Å². The van der Waals surface area contributed by atoms with E-state index in [0.717, 1.165) is 25.7 Å². The van der Waals surface area contributed by atoms with Crippen LogP contribution in [0.2, 0.25) is 0 Å². The number of nitriles is 1. The van der Waals surface area contributed by atoms with Gasteiger partial charge in [0, 0.05) is 25.0 Å². The van der Waals surface area contributed by atoms with Gasteiger partial charge in [-0.05, 0) is 25.7 Å². The summed E-state index contributed by atoms with van der Waals surface area (Å²) in [5.41, 5.74) is 0. The van der Waals surface area contributed by atoms with Gasteiger partial charge in [-0.25, -0.2) is 0 Å². The Morgan fingerprint density at radius 1 is 1.12 bits per heavy atom. The van der Waals surface area contributed by atoms with Gasteiger partial charge in [0.15, 0.2) is 0 Å². The van der Waals surface area contributed by atoms with E-state index in [-0.39, 0.29) is 12.0 Å². The second kappa shape index (κ2) is 5.34. The smallest absolute Gasteiger partial charge is 0.199 e. The molecule has 1 aliphatic heterocycles. The second-order valence-electron chi connectivity index (χ2n) is 4.91. The van der Waals surface area contributed by atoms with Crippen molar-refractivity contribution >= 4 is 10.2 Å². The number of piperidine rings is 1. The Balaban J connectivity index is 1.90. The Morgan fingerprint density at radius 2 is 1.71 bits per heavy atom. The maximum absolute atomic E-state index is 12.1. The monoisotopic (exact) mass is 257 g/mol. The lowest BCUT2D eigenvalue weighted by Crippen LogP contribution is -2.47. The Labute approximate surface area is 103 Å². The van der Waals surface area contributed by atoms with Crippen molar-refractivity contribution in [2.24, 2.45) is 5.92 Å². The van der Waals surface area contributed by atoms with E-state index in [2.05, 4.69) is 10.8 Å². The predicted octanol–water partition coefficient (Wildman–Crippen LogP) is 0.999. The summed E-state index contributed by atoms with van der Waals surface area (Å²) in [6, 6.07) is 2.33. The van der Waals surface area contributed by atoms with Crippen molar-refractivity contribution in [3.63, 3.8) is 0 Å². The molecule has 0 spiro atoms. The first-order valence-corrected chi connectivity index (χ1v) is 7.73. The molecule has 0 amide bonds. The molecule has 2 aliphatic rings. The number of rotatable bonds is 3. The molecule has 0 radical (unpaired) electrons. The number of hydrogen-bond acceptors (Lipinski definition) is 3. The molecule has 5 nitrogen and oxygen atoms in total. The summed E-state index contributed by atoms with van der Waals surface area (Å²) in [6.07, 6.45) is 5.44. The lowest BCUT2D eigenvalue weighted by molar-refractivity contribution is 0.304. The third-order valence-corrected chi connectivity index (χ3v) is 5.32. The van der Waals surface area contributed by atoms with Crippen molar-refractivity contribution < 1.29 is 8.42 Å². The lowest BCUT2D eigenvalue weighted by atomic mass is 10.0. The van der Waals surface area contributed by atoms with Gasteiger partial charge in [-0.15, -0.1) is 0 Å². The van der Waals surface area contributed by atoms with Crippen molar-refractivity contribution in [3.05, 3.63) is 0 Å². The molecule has 96 valence electrons. The third-order valence-electron chi connectivity index (χ3n) is 3.65. The second-order valence-corrected chi connectivity index (χ2v) is 6.61. The molecule has 1 saturated heterocycles. The minimum Gasteiger partial charge on any atom is -0.199 e. The van der Waals surface area contributed by atoms with E-state index in [1.54, 1.807) is 0 Å². The molecule has 1 heterocycles. The highest BCUT2D eigenvalue weighted by Gasteiger charge is 2.30. The summed E-state index contributed by atoms with van der Waals surface area (Å²) in [6.45, 7) is 0.945. The maximum atomic E-state index is 12.1. The molecule has 0 aromatic carbocycles.